The molecule has 102 valence electrons. The number of halogens is 3. The molecule has 2 aromatic rings. The van der Waals surface area contributed by atoms with E-state index in [0.29, 0.717) is 21.5 Å². The van der Waals surface area contributed by atoms with Gasteiger partial charge < -0.3 is 9.47 Å². The van der Waals surface area contributed by atoms with E-state index in [-0.39, 0.29) is 0 Å². The molecule has 0 aliphatic rings. The topological polar surface area (TPSA) is 18.5 Å². The fourth-order valence-corrected chi connectivity index (χ4v) is 3.68. The average molecular weight is 338 g/mol. The van der Waals surface area contributed by atoms with Crippen LogP contribution in [-0.2, 0) is 0 Å². The van der Waals surface area contributed by atoms with E-state index in [4.69, 9.17) is 44.3 Å². The molecule has 0 amide bonds. The molecule has 0 radical (unpaired) electrons. The molecule has 2 rings (SSSR count). The molecule has 0 aliphatic carbocycles. The highest BCUT2D eigenvalue weighted by Gasteiger charge is 2.21. The first-order chi connectivity index (χ1) is 9.08. The normalized spacial score (nSPS) is 12.3. The molecule has 0 aliphatic heterocycles. The summed E-state index contributed by atoms with van der Waals surface area (Å²) in [6.07, 6.45) is 0. The quantitative estimate of drug-likeness (QED) is 0.695. The van der Waals surface area contributed by atoms with Crippen LogP contribution in [0.2, 0.25) is 10.0 Å². The first-order valence-corrected chi connectivity index (χ1v) is 7.44. The number of benzene rings is 1. The minimum atomic E-state index is -0.417. The third-order valence-corrected chi connectivity index (χ3v) is 4.98. The van der Waals surface area contributed by atoms with Gasteiger partial charge in [-0.3, -0.25) is 0 Å². The summed E-state index contributed by atoms with van der Waals surface area (Å²) in [6.45, 7) is 0. The molecule has 1 aromatic carbocycles. The summed E-state index contributed by atoms with van der Waals surface area (Å²) in [5, 5.41) is 2.62. The molecule has 0 spiro atoms. The van der Waals surface area contributed by atoms with Gasteiger partial charge in [-0.25, -0.2) is 0 Å². The van der Waals surface area contributed by atoms with E-state index in [1.165, 1.54) is 11.3 Å². The summed E-state index contributed by atoms with van der Waals surface area (Å²) in [7, 11) is 3.12. The predicted octanol–water partition coefficient (Wildman–Crippen LogP) is 5.40. The maximum atomic E-state index is 6.45. The molecule has 1 unspecified atom stereocenters. The van der Waals surface area contributed by atoms with E-state index >= 15 is 0 Å². The standard InChI is InChI=1S/C13H11Cl3O2S/c1-17-10-5-7(9(15)6-11(10)18-2)12(16)13-8(14)3-4-19-13/h3-6,12H,1-2H3. The van der Waals surface area contributed by atoms with Gasteiger partial charge in [0, 0.05) is 16.0 Å². The monoisotopic (exact) mass is 336 g/mol. The van der Waals surface area contributed by atoms with Crippen LogP contribution >= 0.6 is 46.1 Å². The zero-order chi connectivity index (χ0) is 14.0. The first-order valence-electron chi connectivity index (χ1n) is 5.36. The SMILES string of the molecule is COc1cc(Cl)c(C(Cl)c2sccc2Cl)cc1OC. The average Bonchev–Trinajstić information content (AvgIpc) is 2.83. The molecule has 1 heterocycles. The van der Waals surface area contributed by atoms with Gasteiger partial charge in [-0.05, 0) is 23.1 Å². The highest BCUT2D eigenvalue weighted by atomic mass is 35.5. The Kier molecular flexibility index (Phi) is 4.85. The fraction of sp³-hybridized carbons (Fsp3) is 0.231. The summed E-state index contributed by atoms with van der Waals surface area (Å²) in [6, 6.07) is 5.27. The lowest BCUT2D eigenvalue weighted by molar-refractivity contribution is 0.354. The molecule has 0 saturated heterocycles. The number of thiophene rings is 1. The number of hydrogen-bond acceptors (Lipinski definition) is 3. The summed E-state index contributed by atoms with van der Waals surface area (Å²) < 4.78 is 10.4. The highest BCUT2D eigenvalue weighted by molar-refractivity contribution is 7.11. The van der Waals surface area contributed by atoms with Crippen molar-refractivity contribution >= 4 is 46.1 Å². The highest BCUT2D eigenvalue weighted by Crippen LogP contribution is 2.43. The van der Waals surface area contributed by atoms with Crippen LogP contribution in [0, 0.1) is 0 Å². The molecule has 0 saturated carbocycles. The van der Waals surface area contributed by atoms with Crippen molar-refractivity contribution in [3.63, 3.8) is 0 Å². The van der Waals surface area contributed by atoms with Crippen molar-refractivity contribution in [2.24, 2.45) is 0 Å². The van der Waals surface area contributed by atoms with Crippen molar-refractivity contribution in [2.45, 2.75) is 5.38 Å². The van der Waals surface area contributed by atoms with Crippen molar-refractivity contribution in [1.82, 2.24) is 0 Å². The van der Waals surface area contributed by atoms with Crippen LogP contribution < -0.4 is 9.47 Å². The van der Waals surface area contributed by atoms with Crippen LogP contribution in [0.1, 0.15) is 15.8 Å². The summed E-state index contributed by atoms with van der Waals surface area (Å²) in [4.78, 5) is 0.859. The van der Waals surface area contributed by atoms with Crippen molar-refractivity contribution in [3.8, 4) is 11.5 Å². The van der Waals surface area contributed by atoms with Gasteiger partial charge in [-0.2, -0.15) is 0 Å². The van der Waals surface area contributed by atoms with Gasteiger partial charge in [0.1, 0.15) is 0 Å². The van der Waals surface area contributed by atoms with E-state index in [2.05, 4.69) is 0 Å². The molecule has 1 aromatic heterocycles. The maximum Gasteiger partial charge on any atom is 0.162 e. The van der Waals surface area contributed by atoms with Crippen LogP contribution in [0.15, 0.2) is 23.6 Å². The molecule has 0 fully saturated rings. The smallest absolute Gasteiger partial charge is 0.162 e. The molecular formula is C13H11Cl3O2S. The Morgan fingerprint density at radius 3 is 2.21 bits per heavy atom. The summed E-state index contributed by atoms with van der Waals surface area (Å²) in [5.74, 6) is 1.15. The van der Waals surface area contributed by atoms with Gasteiger partial charge in [0.15, 0.2) is 11.5 Å². The molecule has 0 N–H and O–H groups in total. The Balaban J connectivity index is 2.48. The zero-order valence-electron chi connectivity index (χ0n) is 10.2. The Bertz CT molecular complexity index is 583. The van der Waals surface area contributed by atoms with Gasteiger partial charge in [-0.15, -0.1) is 22.9 Å². The van der Waals surface area contributed by atoms with Crippen molar-refractivity contribution in [3.05, 3.63) is 44.1 Å². The largest absolute Gasteiger partial charge is 0.493 e. The van der Waals surface area contributed by atoms with Gasteiger partial charge >= 0.3 is 0 Å². The number of rotatable bonds is 4. The summed E-state index contributed by atoms with van der Waals surface area (Å²) in [5.41, 5.74) is 0.741. The minimum Gasteiger partial charge on any atom is -0.493 e. The number of alkyl halides is 1. The first kappa shape index (κ1) is 14.8. The van der Waals surface area contributed by atoms with Gasteiger partial charge in [0.2, 0.25) is 0 Å². The van der Waals surface area contributed by atoms with Crippen molar-refractivity contribution in [2.75, 3.05) is 14.2 Å². The van der Waals surface area contributed by atoms with Crippen LogP contribution in [0.4, 0.5) is 0 Å². The number of methoxy groups -OCH3 is 2. The summed E-state index contributed by atoms with van der Waals surface area (Å²) >= 11 is 20.3. The Morgan fingerprint density at radius 1 is 1.05 bits per heavy atom. The van der Waals surface area contributed by atoms with E-state index < -0.39 is 5.38 Å². The molecule has 6 heteroatoms. The van der Waals surface area contributed by atoms with Crippen LogP contribution in [0.25, 0.3) is 0 Å². The van der Waals surface area contributed by atoms with Crippen LogP contribution in [0.5, 0.6) is 11.5 Å². The number of hydrogen-bond donors (Lipinski definition) is 0. The minimum absolute atomic E-state index is 0.417. The van der Waals surface area contributed by atoms with E-state index in [0.717, 1.165) is 10.4 Å². The van der Waals surface area contributed by atoms with E-state index in [1.807, 2.05) is 11.4 Å². The van der Waals surface area contributed by atoms with E-state index in [9.17, 15) is 0 Å². The molecule has 1 atom stereocenters. The van der Waals surface area contributed by atoms with E-state index in [1.54, 1.807) is 26.4 Å². The fourth-order valence-electron chi connectivity index (χ4n) is 1.69. The van der Waals surface area contributed by atoms with Gasteiger partial charge in [0.05, 0.1) is 24.6 Å². The van der Waals surface area contributed by atoms with Crippen molar-refractivity contribution < 1.29 is 9.47 Å². The van der Waals surface area contributed by atoms with Crippen LogP contribution in [0.3, 0.4) is 0 Å². The third-order valence-electron chi connectivity index (χ3n) is 2.65. The Hall–Kier alpha value is -0.610. The third kappa shape index (κ3) is 2.95. The van der Waals surface area contributed by atoms with Gasteiger partial charge in [0.25, 0.3) is 0 Å². The van der Waals surface area contributed by atoms with Crippen molar-refractivity contribution in [1.29, 1.82) is 0 Å². The van der Waals surface area contributed by atoms with Crippen LogP contribution in [-0.4, -0.2) is 14.2 Å². The second-order valence-corrected chi connectivity index (χ2v) is 5.92. The molecule has 0 bridgehead atoms. The Labute approximate surface area is 130 Å². The second-order valence-electron chi connectivity index (χ2n) is 3.72. The zero-order valence-corrected chi connectivity index (χ0v) is 13.3. The number of ether oxygens (including phenoxy) is 2. The lowest BCUT2D eigenvalue weighted by Crippen LogP contribution is -1.97. The van der Waals surface area contributed by atoms with Gasteiger partial charge in [-0.1, -0.05) is 23.2 Å². The maximum absolute atomic E-state index is 6.45. The second kappa shape index (κ2) is 6.23. The Morgan fingerprint density at radius 2 is 1.68 bits per heavy atom. The lowest BCUT2D eigenvalue weighted by Gasteiger charge is -2.15. The lowest BCUT2D eigenvalue weighted by atomic mass is 10.1. The molecule has 19 heavy (non-hydrogen) atoms. The molecular weight excluding hydrogens is 327 g/mol. The predicted molar refractivity (Wildman–Crippen MR) is 81.6 cm³/mol. The molecule has 2 nitrogen and oxygen atoms in total.